The topological polar surface area (TPSA) is 73.4 Å². The zero-order valence-electron chi connectivity index (χ0n) is 15.5. The molecule has 0 unspecified atom stereocenters. The van der Waals surface area contributed by atoms with Crippen molar-refractivity contribution in [1.82, 2.24) is 19.4 Å². The van der Waals surface area contributed by atoms with Gasteiger partial charge in [-0.3, -0.25) is 9.78 Å². The highest BCUT2D eigenvalue weighted by Gasteiger charge is 2.30. The molecule has 0 saturated carbocycles. The van der Waals surface area contributed by atoms with Crippen LogP contribution in [0, 0.1) is 13.8 Å². The normalized spacial score (nSPS) is 16.4. The maximum Gasteiger partial charge on any atom is 0.257 e. The SMILES string of the molecule is Cc1cc(C(=O)N2Cc3cncn3[C@@H](COCc3ccccn3)C2)c(C)o1. The Balaban J connectivity index is 1.47. The number of amides is 1. The average molecular weight is 366 g/mol. The number of hydrogen-bond acceptors (Lipinski definition) is 5. The van der Waals surface area contributed by atoms with E-state index in [1.165, 1.54) is 0 Å². The Hall–Kier alpha value is -2.93. The van der Waals surface area contributed by atoms with E-state index in [1.54, 1.807) is 24.8 Å². The van der Waals surface area contributed by atoms with Gasteiger partial charge in [0, 0.05) is 18.9 Å². The van der Waals surface area contributed by atoms with E-state index in [1.807, 2.05) is 36.9 Å². The highest BCUT2D eigenvalue weighted by Crippen LogP contribution is 2.25. The number of imidazole rings is 1. The van der Waals surface area contributed by atoms with Gasteiger partial charge in [0.1, 0.15) is 11.5 Å². The number of furan rings is 1. The molecule has 0 N–H and O–H groups in total. The number of pyridine rings is 1. The molecule has 0 fully saturated rings. The van der Waals surface area contributed by atoms with Gasteiger partial charge in [-0.25, -0.2) is 4.98 Å². The van der Waals surface area contributed by atoms with Crippen LogP contribution in [0.4, 0.5) is 0 Å². The lowest BCUT2D eigenvalue weighted by atomic mass is 10.1. The summed E-state index contributed by atoms with van der Waals surface area (Å²) in [7, 11) is 0. The molecule has 7 nitrogen and oxygen atoms in total. The Bertz CT molecular complexity index is 932. The predicted molar refractivity (Wildman–Crippen MR) is 98.1 cm³/mol. The minimum atomic E-state index is -0.0217. The quantitative estimate of drug-likeness (QED) is 0.694. The van der Waals surface area contributed by atoms with E-state index < -0.39 is 0 Å². The number of aromatic nitrogens is 3. The lowest BCUT2D eigenvalue weighted by Crippen LogP contribution is -2.42. The predicted octanol–water partition coefficient (Wildman–Crippen LogP) is 2.90. The van der Waals surface area contributed by atoms with Crippen molar-refractivity contribution in [3.63, 3.8) is 0 Å². The summed E-state index contributed by atoms with van der Waals surface area (Å²) in [5.41, 5.74) is 2.50. The Labute approximate surface area is 157 Å². The van der Waals surface area contributed by atoms with Crippen LogP contribution in [0.15, 0.2) is 47.4 Å². The monoisotopic (exact) mass is 366 g/mol. The third kappa shape index (κ3) is 3.64. The lowest BCUT2D eigenvalue weighted by molar-refractivity contribution is 0.0472. The summed E-state index contributed by atoms with van der Waals surface area (Å²) in [6.07, 6.45) is 5.36. The summed E-state index contributed by atoms with van der Waals surface area (Å²) in [6.45, 7) is 5.68. The molecule has 0 spiro atoms. The first-order chi connectivity index (χ1) is 13.1. The number of aryl methyl sites for hydroxylation is 2. The summed E-state index contributed by atoms with van der Waals surface area (Å²) >= 11 is 0. The molecule has 0 aliphatic carbocycles. The number of nitrogens with zero attached hydrogens (tertiary/aromatic N) is 4. The Morgan fingerprint density at radius 1 is 1.37 bits per heavy atom. The Kier molecular flexibility index (Phi) is 4.77. The van der Waals surface area contributed by atoms with Crippen LogP contribution in [-0.4, -0.2) is 38.5 Å². The van der Waals surface area contributed by atoms with Crippen molar-refractivity contribution in [1.29, 1.82) is 0 Å². The van der Waals surface area contributed by atoms with Crippen LogP contribution < -0.4 is 0 Å². The average Bonchev–Trinajstić information content (AvgIpc) is 3.27. The maximum absolute atomic E-state index is 13.0. The first-order valence-corrected chi connectivity index (χ1v) is 8.96. The second-order valence-electron chi connectivity index (χ2n) is 6.79. The van der Waals surface area contributed by atoms with E-state index in [9.17, 15) is 4.79 Å². The molecule has 1 amide bonds. The number of hydrogen-bond donors (Lipinski definition) is 0. The van der Waals surface area contributed by atoms with E-state index in [0.717, 1.165) is 17.1 Å². The molecular formula is C20H22N4O3. The van der Waals surface area contributed by atoms with Gasteiger partial charge in [-0.05, 0) is 32.0 Å². The van der Waals surface area contributed by atoms with Gasteiger partial charge in [-0.2, -0.15) is 0 Å². The third-order valence-electron chi connectivity index (χ3n) is 4.77. The second-order valence-corrected chi connectivity index (χ2v) is 6.79. The molecule has 0 aromatic carbocycles. The molecule has 1 atom stereocenters. The fourth-order valence-corrected chi connectivity index (χ4v) is 3.47. The molecule has 3 aromatic rings. The van der Waals surface area contributed by atoms with Gasteiger partial charge >= 0.3 is 0 Å². The highest BCUT2D eigenvalue weighted by atomic mass is 16.5. The smallest absolute Gasteiger partial charge is 0.257 e. The molecule has 27 heavy (non-hydrogen) atoms. The van der Waals surface area contributed by atoms with Crippen molar-refractivity contribution in [2.24, 2.45) is 0 Å². The number of fused-ring (bicyclic) bond motifs is 1. The molecule has 1 aliphatic rings. The van der Waals surface area contributed by atoms with Gasteiger partial charge in [0.2, 0.25) is 0 Å². The summed E-state index contributed by atoms with van der Waals surface area (Å²) in [4.78, 5) is 23.3. The zero-order valence-corrected chi connectivity index (χ0v) is 15.5. The summed E-state index contributed by atoms with van der Waals surface area (Å²) in [5.74, 6) is 1.37. The Morgan fingerprint density at radius 3 is 3.00 bits per heavy atom. The summed E-state index contributed by atoms with van der Waals surface area (Å²) < 4.78 is 13.5. The fraction of sp³-hybridized carbons (Fsp3) is 0.350. The van der Waals surface area contributed by atoms with Crippen molar-refractivity contribution in [2.75, 3.05) is 13.2 Å². The van der Waals surface area contributed by atoms with Crippen molar-refractivity contribution < 1.29 is 13.9 Å². The molecule has 4 heterocycles. The first kappa shape index (κ1) is 17.5. The molecule has 0 bridgehead atoms. The van der Waals surface area contributed by atoms with Crippen LogP contribution >= 0.6 is 0 Å². The minimum absolute atomic E-state index is 0.0113. The fourth-order valence-electron chi connectivity index (χ4n) is 3.47. The van der Waals surface area contributed by atoms with E-state index in [-0.39, 0.29) is 11.9 Å². The van der Waals surface area contributed by atoms with E-state index in [4.69, 9.17) is 9.15 Å². The molecule has 1 aliphatic heterocycles. The molecular weight excluding hydrogens is 344 g/mol. The van der Waals surface area contributed by atoms with Gasteiger partial charge in [0.25, 0.3) is 5.91 Å². The van der Waals surface area contributed by atoms with Crippen LogP contribution in [-0.2, 0) is 17.9 Å². The van der Waals surface area contributed by atoms with Crippen LogP contribution in [0.25, 0.3) is 0 Å². The first-order valence-electron chi connectivity index (χ1n) is 8.96. The molecule has 0 radical (unpaired) electrons. The van der Waals surface area contributed by atoms with Gasteiger partial charge in [0.05, 0.1) is 49.1 Å². The van der Waals surface area contributed by atoms with Crippen molar-refractivity contribution in [2.45, 2.75) is 33.0 Å². The lowest BCUT2D eigenvalue weighted by Gasteiger charge is -2.34. The van der Waals surface area contributed by atoms with Crippen molar-refractivity contribution in [3.8, 4) is 0 Å². The molecule has 4 rings (SSSR count). The van der Waals surface area contributed by atoms with Gasteiger partial charge in [-0.1, -0.05) is 6.07 Å². The number of rotatable bonds is 5. The molecule has 140 valence electrons. The molecule has 3 aromatic heterocycles. The largest absolute Gasteiger partial charge is 0.466 e. The third-order valence-corrected chi connectivity index (χ3v) is 4.77. The zero-order chi connectivity index (χ0) is 18.8. The van der Waals surface area contributed by atoms with Crippen LogP contribution in [0.5, 0.6) is 0 Å². The second kappa shape index (κ2) is 7.36. The van der Waals surface area contributed by atoms with Crippen molar-refractivity contribution in [3.05, 3.63) is 71.5 Å². The van der Waals surface area contributed by atoms with E-state index in [2.05, 4.69) is 14.5 Å². The number of carbonyl (C=O) groups excluding carboxylic acids is 1. The van der Waals surface area contributed by atoms with E-state index in [0.29, 0.717) is 37.6 Å². The van der Waals surface area contributed by atoms with Gasteiger partial charge < -0.3 is 18.6 Å². The maximum atomic E-state index is 13.0. The number of ether oxygens (including phenoxy) is 1. The summed E-state index contributed by atoms with van der Waals surface area (Å²) in [6, 6.07) is 7.57. The van der Waals surface area contributed by atoms with Crippen LogP contribution in [0.1, 0.15) is 39.3 Å². The molecule has 7 heteroatoms. The number of carbonyl (C=O) groups is 1. The van der Waals surface area contributed by atoms with Gasteiger partial charge in [0.15, 0.2) is 0 Å². The van der Waals surface area contributed by atoms with Crippen LogP contribution in [0.2, 0.25) is 0 Å². The summed E-state index contributed by atoms with van der Waals surface area (Å²) in [5, 5.41) is 0. The van der Waals surface area contributed by atoms with Crippen molar-refractivity contribution >= 4 is 5.91 Å². The van der Waals surface area contributed by atoms with E-state index >= 15 is 0 Å². The minimum Gasteiger partial charge on any atom is -0.466 e. The highest BCUT2D eigenvalue weighted by molar-refractivity contribution is 5.95. The Morgan fingerprint density at radius 2 is 2.26 bits per heavy atom. The molecule has 0 saturated heterocycles. The van der Waals surface area contributed by atoms with Gasteiger partial charge in [-0.15, -0.1) is 0 Å². The van der Waals surface area contributed by atoms with Crippen LogP contribution in [0.3, 0.4) is 0 Å². The standard InChI is InChI=1S/C20H22N4O3/c1-14-7-19(15(2)27-14)20(25)23-9-17-8-21-13-24(17)18(10-23)12-26-11-16-5-3-4-6-22-16/h3-8,13,18H,9-12H2,1-2H3/t18-/m1/s1.